The number of nitrogens with zero attached hydrogens (tertiary/aromatic N) is 4. The number of hydrogen-bond donors (Lipinski definition) is 1. The zero-order valence-electron chi connectivity index (χ0n) is 18.8. The zero-order chi connectivity index (χ0) is 23.2. The summed E-state index contributed by atoms with van der Waals surface area (Å²) in [5, 5.41) is 3.41. The SMILES string of the molecule is COc1cccc(-c2cncc(N[C@@H](C)c3cccc(N(C)C(=O)c4cccnc4)c3)n2)c1. The number of anilines is 2. The minimum atomic E-state index is -0.113. The number of benzene rings is 2. The number of pyridine rings is 1. The van der Waals surface area contributed by atoms with Crippen LogP contribution in [0.3, 0.4) is 0 Å². The standard InChI is InChI=1S/C26H25N5O2/c1-18(29-25-17-28-16-24(30-25)20-8-5-11-23(14-20)33-3)19-7-4-10-22(13-19)31(2)26(32)21-9-6-12-27-15-21/h4-18H,1-3H3,(H,29,30)/t18-/m0/s1. The lowest BCUT2D eigenvalue weighted by Gasteiger charge is -2.20. The number of aromatic nitrogens is 3. The van der Waals surface area contributed by atoms with Crippen LogP contribution in [0.25, 0.3) is 11.3 Å². The third-order valence-electron chi connectivity index (χ3n) is 5.34. The largest absolute Gasteiger partial charge is 0.497 e. The zero-order valence-corrected chi connectivity index (χ0v) is 18.8. The minimum Gasteiger partial charge on any atom is -0.497 e. The Morgan fingerprint density at radius 2 is 1.85 bits per heavy atom. The van der Waals surface area contributed by atoms with Crippen LogP contribution < -0.4 is 15.0 Å². The van der Waals surface area contributed by atoms with Crippen LogP contribution in [0.1, 0.15) is 28.9 Å². The second kappa shape index (κ2) is 9.91. The van der Waals surface area contributed by atoms with E-state index in [1.807, 2.05) is 55.5 Å². The van der Waals surface area contributed by atoms with E-state index in [1.165, 1.54) is 0 Å². The molecule has 7 nitrogen and oxygen atoms in total. The second-order valence-electron chi connectivity index (χ2n) is 7.59. The van der Waals surface area contributed by atoms with E-state index in [1.54, 1.807) is 56.0 Å². The van der Waals surface area contributed by atoms with Crippen LogP contribution in [0.4, 0.5) is 11.5 Å². The van der Waals surface area contributed by atoms with Crippen LogP contribution >= 0.6 is 0 Å². The van der Waals surface area contributed by atoms with Crippen molar-refractivity contribution < 1.29 is 9.53 Å². The Morgan fingerprint density at radius 3 is 2.64 bits per heavy atom. The number of rotatable bonds is 7. The molecule has 0 aliphatic rings. The van der Waals surface area contributed by atoms with Gasteiger partial charge in [-0.05, 0) is 48.9 Å². The number of carbonyl (C=O) groups is 1. The number of amides is 1. The van der Waals surface area contributed by atoms with Crippen LogP contribution in [0.15, 0.2) is 85.5 Å². The Kier molecular flexibility index (Phi) is 6.59. The first kappa shape index (κ1) is 22.0. The Morgan fingerprint density at radius 1 is 1.00 bits per heavy atom. The molecular formula is C26H25N5O2. The molecule has 0 unspecified atom stereocenters. The predicted octanol–water partition coefficient (Wildman–Crippen LogP) is 5.00. The molecule has 0 aliphatic heterocycles. The molecule has 2 aromatic heterocycles. The molecule has 0 saturated carbocycles. The lowest BCUT2D eigenvalue weighted by molar-refractivity contribution is 0.0992. The Hall–Kier alpha value is -4.26. The maximum Gasteiger partial charge on any atom is 0.259 e. The molecule has 166 valence electrons. The monoisotopic (exact) mass is 439 g/mol. The molecule has 2 aromatic carbocycles. The van der Waals surface area contributed by atoms with Crippen molar-refractivity contribution in [2.75, 3.05) is 24.4 Å². The normalized spacial score (nSPS) is 11.5. The summed E-state index contributed by atoms with van der Waals surface area (Å²) >= 11 is 0. The predicted molar refractivity (Wildman–Crippen MR) is 129 cm³/mol. The fourth-order valence-corrected chi connectivity index (χ4v) is 3.47. The summed E-state index contributed by atoms with van der Waals surface area (Å²) in [7, 11) is 3.40. The molecule has 0 bridgehead atoms. The van der Waals surface area contributed by atoms with E-state index in [0.29, 0.717) is 11.4 Å². The van der Waals surface area contributed by atoms with Crippen LogP contribution in [0.5, 0.6) is 5.75 Å². The summed E-state index contributed by atoms with van der Waals surface area (Å²) in [4.78, 5) is 27.5. The van der Waals surface area contributed by atoms with Gasteiger partial charge in [0.2, 0.25) is 0 Å². The van der Waals surface area contributed by atoms with Gasteiger partial charge in [-0.2, -0.15) is 0 Å². The van der Waals surface area contributed by atoms with Crippen molar-refractivity contribution in [2.45, 2.75) is 13.0 Å². The van der Waals surface area contributed by atoms with Gasteiger partial charge in [0.05, 0.1) is 36.8 Å². The molecule has 1 amide bonds. The summed E-state index contributed by atoms with van der Waals surface area (Å²) in [6.07, 6.45) is 6.64. The third kappa shape index (κ3) is 5.15. The molecule has 0 saturated heterocycles. The average molecular weight is 440 g/mol. The summed E-state index contributed by atoms with van der Waals surface area (Å²) < 4.78 is 5.31. The molecule has 0 spiro atoms. The first-order valence-corrected chi connectivity index (χ1v) is 10.6. The first-order valence-electron chi connectivity index (χ1n) is 10.6. The van der Waals surface area contributed by atoms with E-state index in [9.17, 15) is 4.79 Å². The van der Waals surface area contributed by atoms with Crippen molar-refractivity contribution in [3.05, 3.63) is 96.6 Å². The van der Waals surface area contributed by atoms with E-state index in [4.69, 9.17) is 9.72 Å². The Balaban J connectivity index is 1.51. The number of carbonyl (C=O) groups excluding carboxylic acids is 1. The molecule has 0 aliphatic carbocycles. The molecular weight excluding hydrogens is 414 g/mol. The lowest BCUT2D eigenvalue weighted by Crippen LogP contribution is -2.26. The Labute approximate surface area is 193 Å². The second-order valence-corrected chi connectivity index (χ2v) is 7.59. The summed E-state index contributed by atoms with van der Waals surface area (Å²) in [5.41, 5.74) is 4.04. The number of nitrogens with one attached hydrogen (secondary N) is 1. The molecule has 4 rings (SSSR count). The smallest absolute Gasteiger partial charge is 0.259 e. The highest BCUT2D eigenvalue weighted by atomic mass is 16.5. The van der Waals surface area contributed by atoms with Crippen molar-refractivity contribution >= 4 is 17.4 Å². The van der Waals surface area contributed by atoms with Crippen molar-refractivity contribution in [1.82, 2.24) is 15.0 Å². The van der Waals surface area contributed by atoms with E-state index < -0.39 is 0 Å². The first-order chi connectivity index (χ1) is 16.0. The van der Waals surface area contributed by atoms with Crippen molar-refractivity contribution in [1.29, 1.82) is 0 Å². The van der Waals surface area contributed by atoms with Crippen LogP contribution in [0.2, 0.25) is 0 Å². The molecule has 7 heteroatoms. The van der Waals surface area contributed by atoms with Gasteiger partial charge >= 0.3 is 0 Å². The molecule has 0 radical (unpaired) electrons. The highest BCUT2D eigenvalue weighted by molar-refractivity contribution is 6.05. The molecule has 1 N–H and O–H groups in total. The lowest BCUT2D eigenvalue weighted by atomic mass is 10.1. The van der Waals surface area contributed by atoms with Gasteiger partial charge in [-0.1, -0.05) is 24.3 Å². The number of hydrogen-bond acceptors (Lipinski definition) is 6. The van der Waals surface area contributed by atoms with E-state index in [2.05, 4.69) is 15.3 Å². The van der Waals surface area contributed by atoms with Gasteiger partial charge in [-0.3, -0.25) is 14.8 Å². The quantitative estimate of drug-likeness (QED) is 0.437. The fraction of sp³-hybridized carbons (Fsp3) is 0.154. The fourth-order valence-electron chi connectivity index (χ4n) is 3.47. The molecule has 4 aromatic rings. The number of ether oxygens (including phenoxy) is 1. The molecule has 1 atom stereocenters. The topological polar surface area (TPSA) is 80.2 Å². The van der Waals surface area contributed by atoms with Gasteiger partial charge < -0.3 is 15.0 Å². The summed E-state index contributed by atoms with van der Waals surface area (Å²) in [6.45, 7) is 2.04. The summed E-state index contributed by atoms with van der Waals surface area (Å²) in [6, 6.07) is 19.0. The van der Waals surface area contributed by atoms with E-state index in [-0.39, 0.29) is 11.9 Å². The molecule has 0 fully saturated rings. The highest BCUT2D eigenvalue weighted by Crippen LogP contribution is 2.26. The van der Waals surface area contributed by atoms with Crippen molar-refractivity contribution in [3.63, 3.8) is 0 Å². The molecule has 2 heterocycles. The van der Waals surface area contributed by atoms with Crippen molar-refractivity contribution in [2.24, 2.45) is 0 Å². The van der Waals surface area contributed by atoms with Gasteiger partial charge in [-0.25, -0.2) is 4.98 Å². The van der Waals surface area contributed by atoms with E-state index >= 15 is 0 Å². The van der Waals surface area contributed by atoms with Crippen LogP contribution in [0, 0.1) is 0 Å². The maximum absolute atomic E-state index is 12.8. The van der Waals surface area contributed by atoms with Gasteiger partial charge in [0.25, 0.3) is 5.91 Å². The summed E-state index contributed by atoms with van der Waals surface area (Å²) in [5.74, 6) is 1.31. The number of methoxy groups -OCH3 is 1. The van der Waals surface area contributed by atoms with Gasteiger partial charge in [0, 0.05) is 30.7 Å². The highest BCUT2D eigenvalue weighted by Gasteiger charge is 2.15. The average Bonchev–Trinajstić information content (AvgIpc) is 2.88. The van der Waals surface area contributed by atoms with Gasteiger partial charge in [0.15, 0.2) is 0 Å². The van der Waals surface area contributed by atoms with Gasteiger partial charge in [-0.15, -0.1) is 0 Å². The third-order valence-corrected chi connectivity index (χ3v) is 5.34. The van der Waals surface area contributed by atoms with E-state index in [0.717, 1.165) is 28.3 Å². The van der Waals surface area contributed by atoms with Gasteiger partial charge in [0.1, 0.15) is 11.6 Å². The maximum atomic E-state index is 12.8. The van der Waals surface area contributed by atoms with Crippen molar-refractivity contribution in [3.8, 4) is 17.0 Å². The minimum absolute atomic E-state index is 0.0540. The Bertz CT molecular complexity index is 1250. The van der Waals surface area contributed by atoms with Crippen LogP contribution in [-0.4, -0.2) is 35.0 Å². The van der Waals surface area contributed by atoms with Crippen LogP contribution in [-0.2, 0) is 0 Å². The molecule has 33 heavy (non-hydrogen) atoms.